The highest BCUT2D eigenvalue weighted by atomic mass is 32.1. The van der Waals surface area contributed by atoms with Crippen molar-refractivity contribution in [1.82, 2.24) is 4.98 Å². The number of aliphatic carboxylic acids is 1. The van der Waals surface area contributed by atoms with Crippen LogP contribution >= 0.6 is 12.2 Å². The van der Waals surface area contributed by atoms with Gasteiger partial charge in [0.05, 0.1) is 5.70 Å². The molecule has 1 aromatic heterocycles. The van der Waals surface area contributed by atoms with Crippen LogP contribution in [0, 0.1) is 0 Å². The number of carboxylic acid groups (broad SMARTS) is 1. The second kappa shape index (κ2) is 9.41. The number of carbonyl (C=O) groups is 1. The quantitative estimate of drug-likeness (QED) is 0.455. The highest BCUT2D eigenvalue weighted by molar-refractivity contribution is 7.82. The van der Waals surface area contributed by atoms with E-state index in [1.807, 2.05) is 13.0 Å². The number of aliphatic imine (C=N–C) groups is 1. The van der Waals surface area contributed by atoms with Crippen LogP contribution in [-0.4, -0.2) is 34.2 Å². The summed E-state index contributed by atoms with van der Waals surface area (Å²) >= 11 is 4.61. The maximum atomic E-state index is 10.6. The van der Waals surface area contributed by atoms with Gasteiger partial charge in [0, 0.05) is 23.5 Å². The molecule has 0 aromatic carbocycles. The fraction of sp³-hybridized carbons (Fsp3) is 0.200. The third-order valence-corrected chi connectivity index (χ3v) is 2.68. The largest absolute Gasteiger partial charge is 0.477 e. The summed E-state index contributed by atoms with van der Waals surface area (Å²) < 4.78 is 5.33. The lowest BCUT2D eigenvalue weighted by Crippen LogP contribution is -2.15. The van der Waals surface area contributed by atoms with E-state index in [9.17, 15) is 4.79 Å². The fourth-order valence-electron chi connectivity index (χ4n) is 1.40. The normalized spacial score (nSPS) is 11.3. The zero-order valence-corrected chi connectivity index (χ0v) is 12.3. The first kappa shape index (κ1) is 19.5. The van der Waals surface area contributed by atoms with Gasteiger partial charge >= 0.3 is 5.97 Å². The summed E-state index contributed by atoms with van der Waals surface area (Å²) in [5.74, 6) is -0.845. The SMILES string of the molecule is C.C=N/C(=C\C)c1ccc(OC/C(N)=C/C(=S)C(=O)O)nc1. The number of aromatic nitrogens is 1. The van der Waals surface area contributed by atoms with Crippen LogP contribution in [0.15, 0.2) is 41.2 Å². The predicted molar refractivity (Wildman–Crippen MR) is 92.2 cm³/mol. The lowest BCUT2D eigenvalue weighted by atomic mass is 10.2. The molecule has 0 fully saturated rings. The highest BCUT2D eigenvalue weighted by Gasteiger charge is 2.05. The summed E-state index contributed by atoms with van der Waals surface area (Å²) in [5.41, 5.74) is 7.35. The van der Waals surface area contributed by atoms with E-state index in [-0.39, 0.29) is 24.6 Å². The Kier molecular flexibility index (Phi) is 8.32. The van der Waals surface area contributed by atoms with Crippen molar-refractivity contribution in [3.8, 4) is 5.88 Å². The number of nitrogens with zero attached hydrogens (tertiary/aromatic N) is 2. The van der Waals surface area contributed by atoms with Gasteiger partial charge in [-0.25, -0.2) is 9.78 Å². The number of allylic oxidation sites excluding steroid dienone is 1. The summed E-state index contributed by atoms with van der Waals surface area (Å²) in [5, 5.41) is 8.63. The summed E-state index contributed by atoms with van der Waals surface area (Å²) in [4.78, 5) is 18.2. The Morgan fingerprint density at radius 1 is 1.59 bits per heavy atom. The molecule has 0 aliphatic heterocycles. The molecule has 3 N–H and O–H groups in total. The number of hydrogen-bond donors (Lipinski definition) is 2. The molecule has 0 bridgehead atoms. The van der Waals surface area contributed by atoms with E-state index >= 15 is 0 Å². The summed E-state index contributed by atoms with van der Waals surface area (Å²) in [6.45, 7) is 5.32. The lowest BCUT2D eigenvalue weighted by molar-refractivity contribution is -0.129. The van der Waals surface area contributed by atoms with Crippen molar-refractivity contribution in [2.75, 3.05) is 6.61 Å². The average molecular weight is 321 g/mol. The van der Waals surface area contributed by atoms with Gasteiger partial charge in [-0.15, -0.1) is 0 Å². The van der Waals surface area contributed by atoms with Gasteiger partial charge in [0.15, 0.2) is 0 Å². The predicted octanol–water partition coefficient (Wildman–Crippen LogP) is 2.46. The van der Waals surface area contributed by atoms with Gasteiger partial charge < -0.3 is 15.6 Å². The Morgan fingerprint density at radius 2 is 2.27 bits per heavy atom. The molecule has 0 spiro atoms. The molecule has 6 nitrogen and oxygen atoms in total. The molecule has 0 amide bonds. The van der Waals surface area contributed by atoms with Crippen molar-refractivity contribution in [2.45, 2.75) is 14.4 Å². The number of thiocarbonyl (C=S) groups is 1. The topological polar surface area (TPSA) is 97.8 Å². The fourth-order valence-corrected chi connectivity index (χ4v) is 1.55. The first-order valence-corrected chi connectivity index (χ1v) is 6.34. The van der Waals surface area contributed by atoms with Gasteiger partial charge in [-0.1, -0.05) is 25.7 Å². The smallest absolute Gasteiger partial charge is 0.346 e. The zero-order valence-electron chi connectivity index (χ0n) is 11.4. The first-order chi connectivity index (χ1) is 9.97. The van der Waals surface area contributed by atoms with Gasteiger partial charge in [-0.05, 0) is 25.8 Å². The van der Waals surface area contributed by atoms with Gasteiger partial charge in [0.1, 0.15) is 11.5 Å². The molecule has 0 atom stereocenters. The van der Waals surface area contributed by atoms with Crippen LogP contribution in [0.3, 0.4) is 0 Å². The molecule has 118 valence electrons. The number of pyridine rings is 1. The third kappa shape index (κ3) is 5.84. The molecule has 0 aliphatic rings. The van der Waals surface area contributed by atoms with E-state index in [4.69, 9.17) is 15.6 Å². The second-order valence-corrected chi connectivity index (χ2v) is 4.33. The Balaban J connectivity index is 0.00000441. The van der Waals surface area contributed by atoms with Gasteiger partial charge in [0.25, 0.3) is 0 Å². The van der Waals surface area contributed by atoms with Crippen LogP contribution < -0.4 is 10.5 Å². The Labute approximate surface area is 135 Å². The van der Waals surface area contributed by atoms with Gasteiger partial charge in [-0.2, -0.15) is 0 Å². The lowest BCUT2D eigenvalue weighted by Gasteiger charge is -2.06. The van der Waals surface area contributed by atoms with E-state index in [2.05, 4.69) is 28.9 Å². The summed E-state index contributed by atoms with van der Waals surface area (Å²) in [6, 6.07) is 3.45. The van der Waals surface area contributed by atoms with Crippen molar-refractivity contribution in [2.24, 2.45) is 10.7 Å². The number of ether oxygens (including phenoxy) is 1. The Morgan fingerprint density at radius 3 is 2.73 bits per heavy atom. The van der Waals surface area contributed by atoms with Crippen LogP contribution in [0.25, 0.3) is 5.70 Å². The van der Waals surface area contributed by atoms with Gasteiger partial charge in [0.2, 0.25) is 5.88 Å². The molecule has 7 heteroatoms. The Hall–Kier alpha value is -2.54. The van der Waals surface area contributed by atoms with Crippen LogP contribution in [0.4, 0.5) is 0 Å². The van der Waals surface area contributed by atoms with Crippen molar-refractivity contribution < 1.29 is 14.6 Å². The maximum absolute atomic E-state index is 10.6. The van der Waals surface area contributed by atoms with E-state index < -0.39 is 5.97 Å². The number of carboxylic acids is 1. The Bertz CT molecular complexity index is 607. The molecule has 0 unspecified atom stereocenters. The van der Waals surface area contributed by atoms with Crippen LogP contribution in [0.5, 0.6) is 5.88 Å². The minimum Gasteiger partial charge on any atom is -0.477 e. The van der Waals surface area contributed by atoms with Crippen molar-refractivity contribution in [3.63, 3.8) is 0 Å². The molecule has 0 aliphatic carbocycles. The average Bonchev–Trinajstić information content (AvgIpc) is 2.47. The molecule has 0 saturated carbocycles. The van der Waals surface area contributed by atoms with Crippen molar-refractivity contribution in [3.05, 3.63) is 41.7 Å². The monoisotopic (exact) mass is 321 g/mol. The molecular formula is C15H19N3O3S. The van der Waals surface area contributed by atoms with E-state index in [0.717, 1.165) is 11.3 Å². The van der Waals surface area contributed by atoms with Crippen molar-refractivity contribution in [1.29, 1.82) is 0 Å². The molecule has 1 aromatic rings. The first-order valence-electron chi connectivity index (χ1n) is 5.93. The summed E-state index contributed by atoms with van der Waals surface area (Å²) in [6.07, 6.45) is 4.59. The van der Waals surface area contributed by atoms with Gasteiger partial charge in [-0.3, -0.25) is 4.99 Å². The number of hydrogen-bond acceptors (Lipinski definition) is 6. The minimum atomic E-state index is -1.20. The molecule has 22 heavy (non-hydrogen) atoms. The highest BCUT2D eigenvalue weighted by Crippen LogP contribution is 2.16. The van der Waals surface area contributed by atoms with Crippen molar-refractivity contribution >= 4 is 35.5 Å². The molecule has 1 rings (SSSR count). The number of nitrogens with two attached hydrogens (primary N) is 1. The zero-order chi connectivity index (χ0) is 15.8. The molecule has 1 heterocycles. The summed E-state index contributed by atoms with van der Waals surface area (Å²) in [7, 11) is 0. The van der Waals surface area contributed by atoms with E-state index in [1.165, 1.54) is 6.08 Å². The van der Waals surface area contributed by atoms with Crippen LogP contribution in [0.2, 0.25) is 0 Å². The van der Waals surface area contributed by atoms with Crippen LogP contribution in [-0.2, 0) is 4.79 Å². The van der Waals surface area contributed by atoms with E-state index in [1.54, 1.807) is 18.3 Å². The minimum absolute atomic E-state index is 0. The maximum Gasteiger partial charge on any atom is 0.346 e. The second-order valence-electron chi connectivity index (χ2n) is 3.89. The standard InChI is InChI=1S/C14H15N3O3S.CH4/c1-3-11(16-2)9-4-5-13(17-7-9)20-8-10(15)6-12(21)14(18)19;/h3-7H,2,8,15H2,1H3,(H,18,19);1H4/b10-6-,11-3-;. The third-order valence-electron chi connectivity index (χ3n) is 2.39. The van der Waals surface area contributed by atoms with Crippen LogP contribution in [0.1, 0.15) is 19.9 Å². The molecule has 0 saturated heterocycles. The van der Waals surface area contributed by atoms with E-state index in [0.29, 0.717) is 5.88 Å². The molecular weight excluding hydrogens is 302 g/mol. The molecule has 0 radical (unpaired) electrons. The number of rotatable bonds is 7.